The minimum absolute atomic E-state index is 0.0915. The summed E-state index contributed by atoms with van der Waals surface area (Å²) in [6, 6.07) is 7.44. The molecule has 124 valence electrons. The summed E-state index contributed by atoms with van der Waals surface area (Å²) in [5, 5.41) is 9.24. The second kappa shape index (κ2) is 8.28. The molecule has 1 aliphatic heterocycles. The van der Waals surface area contributed by atoms with E-state index in [1.165, 1.54) is 0 Å². The first-order chi connectivity index (χ1) is 11.2. The van der Waals surface area contributed by atoms with Crippen LogP contribution in [-0.4, -0.2) is 44.7 Å². The van der Waals surface area contributed by atoms with Crippen LogP contribution in [0.2, 0.25) is 0 Å². The van der Waals surface area contributed by atoms with E-state index < -0.39 is 5.92 Å². The lowest BCUT2D eigenvalue weighted by Gasteiger charge is -2.19. The number of carbonyl (C=O) groups is 1. The van der Waals surface area contributed by atoms with Crippen LogP contribution < -0.4 is 14.2 Å². The summed E-state index contributed by atoms with van der Waals surface area (Å²) in [5.41, 5.74) is 0. The smallest absolute Gasteiger partial charge is 0.240 e. The van der Waals surface area contributed by atoms with Crippen molar-refractivity contribution in [2.75, 3.05) is 33.9 Å². The van der Waals surface area contributed by atoms with Crippen molar-refractivity contribution in [2.45, 2.75) is 19.3 Å². The number of benzene rings is 1. The summed E-state index contributed by atoms with van der Waals surface area (Å²) in [5.74, 6) is 0.873. The van der Waals surface area contributed by atoms with Crippen LogP contribution in [0.4, 0.5) is 0 Å². The number of carbonyl (C=O) groups excluding carboxylic acids is 1. The number of nitriles is 1. The predicted octanol–water partition coefficient (Wildman–Crippen LogP) is 2.23. The van der Waals surface area contributed by atoms with Crippen molar-refractivity contribution in [3.8, 4) is 23.3 Å². The summed E-state index contributed by atoms with van der Waals surface area (Å²) in [7, 11) is 3.10. The average molecular weight is 318 g/mol. The van der Waals surface area contributed by atoms with E-state index in [2.05, 4.69) is 6.07 Å². The van der Waals surface area contributed by atoms with Crippen LogP contribution in [0.25, 0.3) is 0 Å². The molecule has 1 fully saturated rings. The van der Waals surface area contributed by atoms with Crippen molar-refractivity contribution >= 4 is 5.91 Å². The summed E-state index contributed by atoms with van der Waals surface area (Å²) in [6.45, 7) is 1.77. The average Bonchev–Trinajstić information content (AvgIpc) is 3.12. The first kappa shape index (κ1) is 16.9. The Balaban J connectivity index is 1.93. The molecule has 1 atom stereocenters. The summed E-state index contributed by atoms with van der Waals surface area (Å²) >= 11 is 0. The van der Waals surface area contributed by atoms with E-state index in [0.29, 0.717) is 23.7 Å². The number of rotatable bonds is 7. The quantitative estimate of drug-likeness (QED) is 0.771. The van der Waals surface area contributed by atoms with Crippen LogP contribution in [-0.2, 0) is 4.79 Å². The number of methoxy groups -OCH3 is 2. The highest BCUT2D eigenvalue weighted by Crippen LogP contribution is 2.36. The molecule has 6 heteroatoms. The lowest BCUT2D eigenvalue weighted by atomic mass is 10.1. The summed E-state index contributed by atoms with van der Waals surface area (Å²) in [4.78, 5) is 14.0. The fourth-order valence-electron chi connectivity index (χ4n) is 2.66. The van der Waals surface area contributed by atoms with Gasteiger partial charge in [-0.25, -0.2) is 0 Å². The zero-order chi connectivity index (χ0) is 16.7. The van der Waals surface area contributed by atoms with Crippen LogP contribution in [0, 0.1) is 17.2 Å². The highest BCUT2D eigenvalue weighted by Gasteiger charge is 2.26. The Bertz CT molecular complexity index is 576. The van der Waals surface area contributed by atoms with Crippen LogP contribution in [0.15, 0.2) is 18.2 Å². The van der Waals surface area contributed by atoms with Gasteiger partial charge in [0.15, 0.2) is 11.5 Å². The molecule has 0 N–H and O–H groups in total. The Morgan fingerprint density at radius 3 is 2.57 bits per heavy atom. The van der Waals surface area contributed by atoms with Crippen molar-refractivity contribution in [1.29, 1.82) is 5.26 Å². The maximum atomic E-state index is 12.2. The van der Waals surface area contributed by atoms with E-state index in [1.54, 1.807) is 37.3 Å². The van der Waals surface area contributed by atoms with Crippen LogP contribution >= 0.6 is 0 Å². The van der Waals surface area contributed by atoms with Gasteiger partial charge in [-0.05, 0) is 25.0 Å². The molecule has 23 heavy (non-hydrogen) atoms. The van der Waals surface area contributed by atoms with Gasteiger partial charge in [0.25, 0.3) is 0 Å². The topological polar surface area (TPSA) is 71.8 Å². The van der Waals surface area contributed by atoms with E-state index in [-0.39, 0.29) is 12.5 Å². The van der Waals surface area contributed by atoms with E-state index in [9.17, 15) is 10.1 Å². The van der Waals surface area contributed by atoms with Gasteiger partial charge in [0.05, 0.1) is 26.9 Å². The number of likely N-dealkylation sites (tertiary alicyclic amines) is 1. The Morgan fingerprint density at radius 2 is 1.96 bits per heavy atom. The Labute approximate surface area is 136 Å². The van der Waals surface area contributed by atoms with E-state index in [0.717, 1.165) is 25.9 Å². The van der Waals surface area contributed by atoms with Crippen molar-refractivity contribution in [1.82, 2.24) is 4.90 Å². The first-order valence-corrected chi connectivity index (χ1v) is 7.73. The van der Waals surface area contributed by atoms with Crippen LogP contribution in [0.5, 0.6) is 17.2 Å². The highest BCUT2D eigenvalue weighted by atomic mass is 16.5. The molecule has 1 aromatic rings. The fraction of sp³-hybridized carbons (Fsp3) is 0.529. The molecular weight excluding hydrogens is 296 g/mol. The number of para-hydroxylation sites is 1. The Morgan fingerprint density at radius 1 is 1.26 bits per heavy atom. The van der Waals surface area contributed by atoms with Gasteiger partial charge in [0, 0.05) is 19.5 Å². The highest BCUT2D eigenvalue weighted by molar-refractivity contribution is 5.81. The van der Waals surface area contributed by atoms with Gasteiger partial charge < -0.3 is 19.1 Å². The van der Waals surface area contributed by atoms with Gasteiger partial charge >= 0.3 is 0 Å². The normalized spacial score (nSPS) is 14.9. The second-order valence-corrected chi connectivity index (χ2v) is 5.34. The third-order valence-electron chi connectivity index (χ3n) is 3.90. The van der Waals surface area contributed by atoms with Gasteiger partial charge in [0.2, 0.25) is 11.7 Å². The Hall–Kier alpha value is -2.42. The van der Waals surface area contributed by atoms with Crippen molar-refractivity contribution in [3.63, 3.8) is 0 Å². The molecule has 0 saturated carbocycles. The molecule has 2 rings (SSSR count). The van der Waals surface area contributed by atoms with Crippen LogP contribution in [0.3, 0.4) is 0 Å². The van der Waals surface area contributed by atoms with Crippen molar-refractivity contribution < 1.29 is 19.0 Å². The minimum atomic E-state index is -0.662. The maximum Gasteiger partial charge on any atom is 0.240 e. The van der Waals surface area contributed by atoms with Crippen molar-refractivity contribution in [2.24, 2.45) is 5.92 Å². The van der Waals surface area contributed by atoms with Gasteiger partial charge in [-0.2, -0.15) is 5.26 Å². The van der Waals surface area contributed by atoms with Gasteiger partial charge in [-0.1, -0.05) is 6.07 Å². The summed E-state index contributed by atoms with van der Waals surface area (Å²) in [6.07, 6.45) is 2.38. The number of ether oxygens (including phenoxy) is 3. The SMILES string of the molecule is COc1cccc(OCCC(C#N)C(=O)N2CCCC2)c1OC. The molecule has 0 aromatic heterocycles. The van der Waals surface area contributed by atoms with E-state index >= 15 is 0 Å². The lowest BCUT2D eigenvalue weighted by molar-refractivity contribution is -0.133. The molecule has 1 aromatic carbocycles. The number of nitrogens with zero attached hydrogens (tertiary/aromatic N) is 2. The van der Waals surface area contributed by atoms with Gasteiger partial charge in [-0.15, -0.1) is 0 Å². The third kappa shape index (κ3) is 4.07. The molecule has 0 bridgehead atoms. The maximum absolute atomic E-state index is 12.2. The molecule has 0 aliphatic carbocycles. The van der Waals surface area contributed by atoms with Crippen molar-refractivity contribution in [3.05, 3.63) is 18.2 Å². The standard InChI is InChI=1S/C17H22N2O4/c1-21-14-6-5-7-15(16(14)22-2)23-11-8-13(12-18)17(20)19-9-3-4-10-19/h5-7,13H,3-4,8-11H2,1-2H3. The number of hydrogen-bond acceptors (Lipinski definition) is 5. The monoisotopic (exact) mass is 318 g/mol. The fourth-order valence-corrected chi connectivity index (χ4v) is 2.66. The molecule has 1 saturated heterocycles. The third-order valence-corrected chi connectivity index (χ3v) is 3.90. The zero-order valence-corrected chi connectivity index (χ0v) is 13.6. The largest absolute Gasteiger partial charge is 0.493 e. The lowest BCUT2D eigenvalue weighted by Crippen LogP contribution is -2.33. The molecule has 0 spiro atoms. The molecule has 1 heterocycles. The molecule has 1 unspecified atom stereocenters. The first-order valence-electron chi connectivity index (χ1n) is 7.73. The Kier molecular flexibility index (Phi) is 6.10. The molecule has 6 nitrogen and oxygen atoms in total. The number of hydrogen-bond donors (Lipinski definition) is 0. The summed E-state index contributed by atoms with van der Waals surface area (Å²) < 4.78 is 16.2. The number of amides is 1. The van der Waals surface area contributed by atoms with Gasteiger partial charge in [0.1, 0.15) is 5.92 Å². The molecule has 0 radical (unpaired) electrons. The molecule has 1 amide bonds. The van der Waals surface area contributed by atoms with Gasteiger partial charge in [-0.3, -0.25) is 4.79 Å². The van der Waals surface area contributed by atoms with Crippen LogP contribution in [0.1, 0.15) is 19.3 Å². The molecule has 1 aliphatic rings. The molecular formula is C17H22N2O4. The van der Waals surface area contributed by atoms with E-state index in [4.69, 9.17) is 14.2 Å². The minimum Gasteiger partial charge on any atom is -0.493 e. The predicted molar refractivity (Wildman–Crippen MR) is 84.6 cm³/mol. The van der Waals surface area contributed by atoms with E-state index in [1.807, 2.05) is 0 Å². The zero-order valence-electron chi connectivity index (χ0n) is 13.6. The second-order valence-electron chi connectivity index (χ2n) is 5.34.